The van der Waals surface area contributed by atoms with E-state index >= 15 is 0 Å². The lowest BCUT2D eigenvalue weighted by atomic mass is 10.1. The number of halogens is 1. The molecule has 0 aliphatic carbocycles. The lowest BCUT2D eigenvalue weighted by molar-refractivity contribution is 0.0794. The molecule has 1 amide bonds. The highest BCUT2D eigenvalue weighted by Gasteiger charge is 2.26. The Bertz CT molecular complexity index is 1520. The lowest BCUT2D eigenvalue weighted by Crippen LogP contribution is -2.41. The molecule has 1 aliphatic heterocycles. The van der Waals surface area contributed by atoms with Crippen molar-refractivity contribution in [2.75, 3.05) is 13.1 Å². The van der Waals surface area contributed by atoms with Crippen LogP contribution in [0, 0.1) is 12.7 Å². The second kappa shape index (κ2) is 8.70. The second-order valence-electron chi connectivity index (χ2n) is 8.48. The second-order valence-corrected chi connectivity index (χ2v) is 8.48. The van der Waals surface area contributed by atoms with Crippen LogP contribution in [0.4, 0.5) is 4.39 Å². The maximum absolute atomic E-state index is 13.8. The summed E-state index contributed by atoms with van der Waals surface area (Å²) in [6, 6.07) is 16.2. The third-order valence-corrected chi connectivity index (χ3v) is 6.09. The Labute approximate surface area is 194 Å². The average Bonchev–Trinajstić information content (AvgIpc) is 3.36. The van der Waals surface area contributed by atoms with Crippen LogP contribution in [0.25, 0.3) is 16.7 Å². The van der Waals surface area contributed by atoms with Crippen LogP contribution in [0.5, 0.6) is 0 Å². The topological polar surface area (TPSA) is 77.2 Å². The Morgan fingerprint density at radius 2 is 1.74 bits per heavy atom. The quantitative estimate of drug-likeness (QED) is 0.470. The maximum Gasteiger partial charge on any atom is 0.337 e. The van der Waals surface area contributed by atoms with Gasteiger partial charge >= 0.3 is 5.69 Å². The van der Waals surface area contributed by atoms with Gasteiger partial charge in [0.2, 0.25) is 0 Å². The summed E-state index contributed by atoms with van der Waals surface area (Å²) in [7, 11) is 0. The number of hydrogen-bond acceptors (Lipinski definition) is 4. The summed E-state index contributed by atoms with van der Waals surface area (Å²) in [5.41, 5.74) is 0.652. The van der Waals surface area contributed by atoms with Crippen molar-refractivity contribution in [3.63, 3.8) is 0 Å². The van der Waals surface area contributed by atoms with Crippen molar-refractivity contribution in [1.29, 1.82) is 0 Å². The van der Waals surface area contributed by atoms with E-state index < -0.39 is 17.1 Å². The molecule has 8 heteroatoms. The van der Waals surface area contributed by atoms with Gasteiger partial charge in [0.1, 0.15) is 5.82 Å². The molecule has 0 radical (unpaired) electrons. The number of hydrogen-bond donors (Lipinski definition) is 0. The summed E-state index contributed by atoms with van der Waals surface area (Å²) < 4.78 is 16.2. The summed E-state index contributed by atoms with van der Waals surface area (Å²) in [6.45, 7) is 2.84. The summed E-state index contributed by atoms with van der Waals surface area (Å²) in [4.78, 5) is 47.0. The molecule has 2 aromatic heterocycles. The normalized spacial score (nSPS) is 13.5. The molecule has 1 fully saturated rings. The zero-order chi connectivity index (χ0) is 23.8. The number of carbonyl (C=O) groups excluding carboxylic acids is 1. The van der Waals surface area contributed by atoms with Crippen molar-refractivity contribution in [3.8, 4) is 5.69 Å². The van der Waals surface area contributed by atoms with E-state index in [4.69, 9.17) is 0 Å². The van der Waals surface area contributed by atoms with E-state index in [1.807, 2.05) is 6.07 Å². The zero-order valence-electron chi connectivity index (χ0n) is 18.7. The molecule has 1 aliphatic rings. The minimum atomic E-state index is -0.619. The fourth-order valence-corrected chi connectivity index (χ4v) is 4.49. The molecule has 2 aromatic carbocycles. The Morgan fingerprint density at radius 3 is 2.44 bits per heavy atom. The number of nitrogens with zero attached hydrogens (tertiary/aromatic N) is 4. The number of benzene rings is 2. The first-order valence-corrected chi connectivity index (χ1v) is 11.2. The monoisotopic (exact) mass is 458 g/mol. The molecule has 1 saturated heterocycles. The number of aromatic nitrogens is 3. The SMILES string of the molecule is Cc1cc(C(=O)N2CCCC2)c2c(=O)n(Cc3cccc(F)c3)c(=O)n(-c3ccccc3)c2n1. The highest BCUT2D eigenvalue weighted by Crippen LogP contribution is 2.21. The van der Waals surface area contributed by atoms with Crippen LogP contribution in [-0.2, 0) is 6.54 Å². The molecule has 0 bridgehead atoms. The Hall–Kier alpha value is -4.07. The van der Waals surface area contributed by atoms with E-state index in [0.29, 0.717) is 30.0 Å². The van der Waals surface area contributed by atoms with Gasteiger partial charge in [0.25, 0.3) is 11.5 Å². The van der Waals surface area contributed by atoms with E-state index in [0.717, 1.165) is 17.4 Å². The first-order chi connectivity index (χ1) is 16.4. The molecule has 7 nitrogen and oxygen atoms in total. The number of pyridine rings is 1. The van der Waals surface area contributed by atoms with Gasteiger partial charge in [0.15, 0.2) is 5.65 Å². The Kier molecular flexibility index (Phi) is 5.57. The molecular formula is C26H23FN4O3. The number of para-hydroxylation sites is 1. The van der Waals surface area contributed by atoms with Gasteiger partial charge in [-0.3, -0.25) is 14.2 Å². The first-order valence-electron chi connectivity index (χ1n) is 11.2. The molecule has 0 atom stereocenters. The zero-order valence-corrected chi connectivity index (χ0v) is 18.7. The summed E-state index contributed by atoms with van der Waals surface area (Å²) >= 11 is 0. The average molecular weight is 458 g/mol. The largest absolute Gasteiger partial charge is 0.339 e. The summed E-state index contributed by atoms with van der Waals surface area (Å²) in [5, 5.41) is 0.0855. The summed E-state index contributed by atoms with van der Waals surface area (Å²) in [5.74, 6) is -0.711. The van der Waals surface area contributed by atoms with E-state index in [9.17, 15) is 18.8 Å². The molecule has 0 unspecified atom stereocenters. The smallest absolute Gasteiger partial charge is 0.337 e. The predicted octanol–water partition coefficient (Wildman–Crippen LogP) is 3.28. The molecule has 3 heterocycles. The Morgan fingerprint density at radius 1 is 1.00 bits per heavy atom. The van der Waals surface area contributed by atoms with Gasteiger partial charge in [-0.05, 0) is 55.7 Å². The summed E-state index contributed by atoms with van der Waals surface area (Å²) in [6.07, 6.45) is 1.82. The van der Waals surface area contributed by atoms with Crippen LogP contribution < -0.4 is 11.2 Å². The highest BCUT2D eigenvalue weighted by molar-refractivity contribution is 6.05. The number of likely N-dealkylation sites (tertiary alicyclic amines) is 1. The van der Waals surface area contributed by atoms with Crippen molar-refractivity contribution in [1.82, 2.24) is 19.0 Å². The van der Waals surface area contributed by atoms with Crippen molar-refractivity contribution < 1.29 is 9.18 Å². The van der Waals surface area contributed by atoms with E-state index in [1.165, 1.54) is 22.8 Å². The van der Waals surface area contributed by atoms with E-state index in [2.05, 4.69) is 4.98 Å². The van der Waals surface area contributed by atoms with Gasteiger partial charge in [-0.15, -0.1) is 0 Å². The van der Waals surface area contributed by atoms with Gasteiger partial charge in [0.05, 0.1) is 23.2 Å². The fourth-order valence-electron chi connectivity index (χ4n) is 4.49. The van der Waals surface area contributed by atoms with Crippen LogP contribution >= 0.6 is 0 Å². The predicted molar refractivity (Wildman–Crippen MR) is 127 cm³/mol. The first kappa shape index (κ1) is 21.8. The van der Waals surface area contributed by atoms with Gasteiger partial charge in [-0.25, -0.2) is 18.7 Å². The van der Waals surface area contributed by atoms with Crippen molar-refractivity contribution in [2.45, 2.75) is 26.3 Å². The standard InChI is InChI=1S/C26H23FN4O3/c1-17-14-21(24(32)29-12-5-6-13-29)22-23(28-17)31(20-10-3-2-4-11-20)26(34)30(25(22)33)16-18-8-7-9-19(27)15-18/h2-4,7-11,14-15H,5-6,12-13,16H2,1H3. The molecule has 0 saturated carbocycles. The fraction of sp³-hybridized carbons (Fsp3) is 0.231. The number of amides is 1. The van der Waals surface area contributed by atoms with Gasteiger partial charge in [0, 0.05) is 18.8 Å². The number of aryl methyl sites for hydroxylation is 1. The lowest BCUT2D eigenvalue weighted by Gasteiger charge is -2.19. The minimum absolute atomic E-state index is 0.0855. The molecule has 34 heavy (non-hydrogen) atoms. The van der Waals surface area contributed by atoms with E-state index in [1.54, 1.807) is 48.2 Å². The molecule has 0 N–H and O–H groups in total. The maximum atomic E-state index is 13.8. The third kappa shape index (κ3) is 3.81. The van der Waals surface area contributed by atoms with Crippen LogP contribution in [0.1, 0.15) is 34.5 Å². The number of rotatable bonds is 4. The van der Waals surface area contributed by atoms with Gasteiger partial charge < -0.3 is 4.90 Å². The van der Waals surface area contributed by atoms with Crippen molar-refractivity contribution in [2.24, 2.45) is 0 Å². The molecule has 0 spiro atoms. The van der Waals surface area contributed by atoms with Crippen LogP contribution in [0.3, 0.4) is 0 Å². The minimum Gasteiger partial charge on any atom is -0.339 e. The van der Waals surface area contributed by atoms with Crippen molar-refractivity contribution in [3.05, 3.63) is 104 Å². The van der Waals surface area contributed by atoms with Crippen molar-refractivity contribution >= 4 is 16.9 Å². The third-order valence-electron chi connectivity index (χ3n) is 6.09. The van der Waals surface area contributed by atoms with Crippen LogP contribution in [0.15, 0.2) is 70.3 Å². The van der Waals surface area contributed by atoms with Crippen LogP contribution in [-0.4, -0.2) is 38.0 Å². The van der Waals surface area contributed by atoms with Crippen LogP contribution in [0.2, 0.25) is 0 Å². The molecule has 172 valence electrons. The molecule has 5 rings (SSSR count). The molecular weight excluding hydrogens is 435 g/mol. The molecule has 4 aromatic rings. The highest BCUT2D eigenvalue weighted by atomic mass is 19.1. The van der Waals surface area contributed by atoms with E-state index in [-0.39, 0.29) is 29.0 Å². The number of carbonyl (C=O) groups is 1. The van der Waals surface area contributed by atoms with Gasteiger partial charge in [-0.1, -0.05) is 30.3 Å². The number of fused-ring (bicyclic) bond motifs is 1. The Balaban J connectivity index is 1.84. The van der Waals surface area contributed by atoms with Gasteiger partial charge in [-0.2, -0.15) is 0 Å².